The van der Waals surface area contributed by atoms with E-state index in [-0.39, 0.29) is 6.04 Å². The van der Waals surface area contributed by atoms with E-state index in [2.05, 4.69) is 10.4 Å². The molecule has 0 amide bonds. The number of hydrogen-bond acceptors (Lipinski definition) is 7. The number of guanidine groups is 1. The molecule has 0 aliphatic carbocycles. The number of aryl methyl sites for hydroxylation is 1. The molecule has 34 heavy (non-hydrogen) atoms. The van der Waals surface area contributed by atoms with Crippen LogP contribution in [-0.4, -0.2) is 27.9 Å². The second kappa shape index (κ2) is 8.00. The number of rotatable bonds is 4. The lowest BCUT2D eigenvalue weighted by atomic mass is 9.96. The maximum Gasteiger partial charge on any atom is 0.253 e. The first-order valence-electron chi connectivity index (χ1n) is 10.8. The largest absolute Gasteiger partial charge is 0.497 e. The summed E-state index contributed by atoms with van der Waals surface area (Å²) >= 11 is 6.13. The molecule has 2 aliphatic rings. The minimum atomic E-state index is -0.257. The van der Waals surface area contributed by atoms with Crippen LogP contribution in [-0.2, 0) is 0 Å². The maximum absolute atomic E-state index is 6.13. The zero-order valence-corrected chi connectivity index (χ0v) is 19.3. The van der Waals surface area contributed by atoms with Gasteiger partial charge >= 0.3 is 0 Å². The fourth-order valence-corrected chi connectivity index (χ4v) is 4.42. The lowest BCUT2D eigenvalue weighted by molar-refractivity contribution is 0.364. The summed E-state index contributed by atoms with van der Waals surface area (Å²) in [6.07, 6.45) is 0. The number of halogens is 1. The highest BCUT2D eigenvalue weighted by Crippen LogP contribution is 2.45. The van der Waals surface area contributed by atoms with Crippen molar-refractivity contribution in [3.05, 3.63) is 101 Å². The van der Waals surface area contributed by atoms with Crippen LogP contribution in [0.3, 0.4) is 0 Å². The third-order valence-corrected chi connectivity index (χ3v) is 6.18. The summed E-state index contributed by atoms with van der Waals surface area (Å²) in [5, 5.41) is 18.1. The second-order valence-electron chi connectivity index (χ2n) is 7.97. The smallest absolute Gasteiger partial charge is 0.253 e. The van der Waals surface area contributed by atoms with Crippen molar-refractivity contribution in [1.82, 2.24) is 14.8 Å². The molecule has 8 nitrogen and oxygen atoms in total. The lowest BCUT2D eigenvalue weighted by Crippen LogP contribution is -2.38. The Hall–Kier alpha value is -4.17. The molecule has 0 fully saturated rings. The van der Waals surface area contributed by atoms with Crippen molar-refractivity contribution in [3.63, 3.8) is 0 Å². The van der Waals surface area contributed by atoms with E-state index in [1.807, 2.05) is 95.5 Å². The lowest BCUT2D eigenvalue weighted by Gasteiger charge is -2.30. The van der Waals surface area contributed by atoms with Gasteiger partial charge in [-0.15, -0.1) is 0 Å². The average Bonchev–Trinajstić information content (AvgIpc) is 3.45. The van der Waals surface area contributed by atoms with Crippen molar-refractivity contribution in [2.24, 2.45) is 15.4 Å². The van der Waals surface area contributed by atoms with Gasteiger partial charge in [-0.3, -0.25) is 0 Å². The predicted molar refractivity (Wildman–Crippen MR) is 131 cm³/mol. The highest BCUT2D eigenvalue weighted by atomic mass is 35.5. The third kappa shape index (κ3) is 3.22. The number of para-hydroxylation sites is 1. The van der Waals surface area contributed by atoms with Gasteiger partial charge in [-0.2, -0.15) is 20.1 Å². The fraction of sp³-hybridized carbons (Fsp3) is 0.120. The molecular formula is C25H20ClN7O. The van der Waals surface area contributed by atoms with Gasteiger partial charge < -0.3 is 4.74 Å². The molecule has 3 heterocycles. The summed E-state index contributed by atoms with van der Waals surface area (Å²) < 4.78 is 7.22. The summed E-state index contributed by atoms with van der Waals surface area (Å²) in [5.41, 5.74) is 4.61. The highest BCUT2D eigenvalue weighted by molar-refractivity contribution is 6.30. The summed E-state index contributed by atoms with van der Waals surface area (Å²) in [5.74, 6) is 2.13. The Labute approximate surface area is 201 Å². The van der Waals surface area contributed by atoms with Gasteiger partial charge in [-0.1, -0.05) is 41.9 Å². The number of nitrogens with zero attached hydrogens (tertiary/aromatic N) is 7. The van der Waals surface area contributed by atoms with Crippen LogP contribution in [0.25, 0.3) is 5.69 Å². The number of fused-ring (bicyclic) bond motifs is 2. The molecule has 1 atom stereocenters. The van der Waals surface area contributed by atoms with Crippen molar-refractivity contribution in [2.75, 3.05) is 12.1 Å². The van der Waals surface area contributed by atoms with E-state index in [0.29, 0.717) is 11.0 Å². The Morgan fingerprint density at radius 3 is 2.29 bits per heavy atom. The zero-order valence-electron chi connectivity index (χ0n) is 18.5. The quantitative estimate of drug-likeness (QED) is 0.365. The van der Waals surface area contributed by atoms with Gasteiger partial charge in [0, 0.05) is 10.6 Å². The van der Waals surface area contributed by atoms with E-state index in [0.717, 1.165) is 39.8 Å². The molecule has 3 aromatic carbocycles. The van der Waals surface area contributed by atoms with Crippen molar-refractivity contribution >= 4 is 29.1 Å². The monoisotopic (exact) mass is 469 g/mol. The van der Waals surface area contributed by atoms with Crippen LogP contribution in [0.4, 0.5) is 11.5 Å². The minimum Gasteiger partial charge on any atom is -0.497 e. The Morgan fingerprint density at radius 1 is 0.853 bits per heavy atom. The van der Waals surface area contributed by atoms with Gasteiger partial charge in [-0.25, -0.2) is 4.68 Å². The van der Waals surface area contributed by atoms with Gasteiger partial charge in [0.05, 0.1) is 24.2 Å². The standard InChI is InChI=1S/C25H20ClN7O/c1-16-22-23(17-8-14-21(34-2)15-9-17)33-25(32(29-30-33)19-6-4-3-5-7-19)27-24(22)31(28-16)20-12-10-18(26)11-13-20/h3-15,23H,1-2H3. The predicted octanol–water partition coefficient (Wildman–Crippen LogP) is 6.04. The molecule has 2 aliphatic heterocycles. The maximum atomic E-state index is 6.13. The Balaban J connectivity index is 1.55. The zero-order chi connectivity index (χ0) is 23.2. The molecule has 0 saturated carbocycles. The van der Waals surface area contributed by atoms with E-state index >= 15 is 0 Å². The average molecular weight is 470 g/mol. The summed E-state index contributed by atoms with van der Waals surface area (Å²) in [6.45, 7) is 1.99. The first-order valence-corrected chi connectivity index (χ1v) is 11.2. The molecule has 0 spiro atoms. The number of aliphatic imine (C=N–C) groups is 1. The molecule has 0 N–H and O–H groups in total. The number of ether oxygens (including phenoxy) is 1. The first-order chi connectivity index (χ1) is 16.6. The summed E-state index contributed by atoms with van der Waals surface area (Å²) in [4.78, 5) is 5.02. The topological polar surface area (TPSA) is 70.6 Å². The molecule has 0 radical (unpaired) electrons. The molecule has 6 rings (SSSR count). The van der Waals surface area contributed by atoms with Crippen LogP contribution in [0.1, 0.15) is 22.9 Å². The van der Waals surface area contributed by atoms with Crippen LogP contribution in [0.2, 0.25) is 5.02 Å². The van der Waals surface area contributed by atoms with Gasteiger partial charge in [0.2, 0.25) is 0 Å². The van der Waals surface area contributed by atoms with Crippen LogP contribution in [0.5, 0.6) is 5.75 Å². The van der Waals surface area contributed by atoms with Gasteiger partial charge in [0.25, 0.3) is 5.96 Å². The molecule has 1 unspecified atom stereocenters. The summed E-state index contributed by atoms with van der Waals surface area (Å²) in [6, 6.07) is 25.1. The van der Waals surface area contributed by atoms with Crippen molar-refractivity contribution in [3.8, 4) is 11.4 Å². The van der Waals surface area contributed by atoms with E-state index in [4.69, 9.17) is 26.4 Å². The SMILES string of the molecule is COc1ccc(C2c3c(C)nn(-c4ccc(Cl)cc4)c3N=C3N(c4ccccc4)N=NN32)cc1. The molecule has 4 aromatic rings. The van der Waals surface area contributed by atoms with Crippen LogP contribution >= 0.6 is 11.6 Å². The highest BCUT2D eigenvalue weighted by Gasteiger charge is 2.42. The number of hydrogen-bond donors (Lipinski definition) is 0. The van der Waals surface area contributed by atoms with Crippen LogP contribution in [0.15, 0.2) is 94.3 Å². The van der Waals surface area contributed by atoms with Crippen LogP contribution in [0, 0.1) is 6.92 Å². The molecule has 0 bridgehead atoms. The van der Waals surface area contributed by atoms with Crippen LogP contribution < -0.4 is 9.75 Å². The van der Waals surface area contributed by atoms with Gasteiger partial charge in [0.15, 0.2) is 5.82 Å². The number of methoxy groups -OCH3 is 1. The number of aromatic nitrogens is 2. The van der Waals surface area contributed by atoms with Gasteiger partial charge in [0.1, 0.15) is 11.8 Å². The van der Waals surface area contributed by atoms with Crippen molar-refractivity contribution < 1.29 is 4.74 Å². The fourth-order valence-electron chi connectivity index (χ4n) is 4.29. The summed E-state index contributed by atoms with van der Waals surface area (Å²) in [7, 11) is 1.66. The minimum absolute atomic E-state index is 0.257. The number of benzene rings is 3. The second-order valence-corrected chi connectivity index (χ2v) is 8.41. The van der Waals surface area contributed by atoms with Crippen molar-refractivity contribution in [1.29, 1.82) is 0 Å². The van der Waals surface area contributed by atoms with E-state index in [1.54, 1.807) is 12.1 Å². The number of anilines is 1. The molecular weight excluding hydrogens is 450 g/mol. The molecule has 0 saturated heterocycles. The first kappa shape index (κ1) is 20.4. The third-order valence-electron chi connectivity index (χ3n) is 5.93. The molecule has 168 valence electrons. The van der Waals surface area contributed by atoms with E-state index < -0.39 is 0 Å². The van der Waals surface area contributed by atoms with E-state index in [9.17, 15) is 0 Å². The Morgan fingerprint density at radius 2 is 1.59 bits per heavy atom. The van der Waals surface area contributed by atoms with Crippen molar-refractivity contribution in [2.45, 2.75) is 13.0 Å². The van der Waals surface area contributed by atoms with Gasteiger partial charge in [-0.05, 0) is 71.5 Å². The Bertz CT molecular complexity index is 1410. The molecule has 9 heteroatoms. The van der Waals surface area contributed by atoms with E-state index in [1.165, 1.54) is 0 Å². The Kier molecular flexibility index (Phi) is 4.81. The molecule has 1 aromatic heterocycles. The normalized spacial score (nSPS) is 16.3.